The Balaban J connectivity index is 1.61. The van der Waals surface area contributed by atoms with Crippen molar-refractivity contribution in [1.29, 1.82) is 0 Å². The first kappa shape index (κ1) is 25.9. The number of aliphatic hydroxyl groups excluding tert-OH is 1. The minimum absolute atomic E-state index is 0.124. The van der Waals surface area contributed by atoms with Gasteiger partial charge in [0.05, 0.1) is 24.5 Å². The lowest BCUT2D eigenvalue weighted by atomic mass is 10.1. The Labute approximate surface area is 217 Å². The lowest BCUT2D eigenvalue weighted by Crippen LogP contribution is -2.26. The number of rotatable bonds is 8. The second-order valence-corrected chi connectivity index (χ2v) is 8.88. The highest BCUT2D eigenvalue weighted by atomic mass is 35.5. The summed E-state index contributed by atoms with van der Waals surface area (Å²) in [5.74, 6) is -0.442. The molecule has 11 nitrogen and oxygen atoms in total. The first-order valence-corrected chi connectivity index (χ1v) is 11.7. The number of pyridine rings is 1. The van der Waals surface area contributed by atoms with Crippen molar-refractivity contribution in [3.8, 4) is 17.1 Å². The molecule has 4 aromatic rings. The van der Waals surface area contributed by atoms with Crippen molar-refractivity contribution in [2.24, 2.45) is 0 Å². The van der Waals surface area contributed by atoms with Crippen LogP contribution >= 0.6 is 11.6 Å². The standard InChI is InChI=1S/C25H26ClN7O4/c1-32(2)25(36)17-11-19(33-21(17)22(27)30-13-31-33)15-10-18(24(37-3)29-12-15)23(35)28-9-8-20(34)14-4-6-16(26)7-5-14/h4-7,10-13,20,34H,8-9H2,1-3H3,(H,28,35)(H2,27,30,31). The van der Waals surface area contributed by atoms with Crippen LogP contribution in [0.4, 0.5) is 5.82 Å². The van der Waals surface area contributed by atoms with E-state index in [9.17, 15) is 14.7 Å². The van der Waals surface area contributed by atoms with Gasteiger partial charge in [0.2, 0.25) is 5.88 Å². The molecule has 0 aliphatic heterocycles. The van der Waals surface area contributed by atoms with Crippen molar-refractivity contribution in [3.63, 3.8) is 0 Å². The van der Waals surface area contributed by atoms with Crippen LogP contribution in [0.5, 0.6) is 5.88 Å². The lowest BCUT2D eigenvalue weighted by Gasteiger charge is -2.13. The van der Waals surface area contributed by atoms with Gasteiger partial charge in [-0.15, -0.1) is 0 Å². The molecule has 1 atom stereocenters. The van der Waals surface area contributed by atoms with Crippen molar-refractivity contribution in [2.45, 2.75) is 12.5 Å². The van der Waals surface area contributed by atoms with Crippen LogP contribution in [0.1, 0.15) is 38.8 Å². The predicted molar refractivity (Wildman–Crippen MR) is 139 cm³/mol. The Morgan fingerprint density at radius 1 is 1.19 bits per heavy atom. The molecular weight excluding hydrogens is 498 g/mol. The van der Waals surface area contributed by atoms with Crippen molar-refractivity contribution in [2.75, 3.05) is 33.5 Å². The molecule has 1 aromatic carbocycles. The highest BCUT2D eigenvalue weighted by Gasteiger charge is 2.23. The average Bonchev–Trinajstić information content (AvgIpc) is 3.29. The zero-order valence-corrected chi connectivity index (χ0v) is 21.2. The first-order chi connectivity index (χ1) is 17.7. The Morgan fingerprint density at radius 3 is 2.59 bits per heavy atom. The number of carbonyl (C=O) groups is 2. The number of halogens is 1. The fraction of sp³-hybridized carbons (Fsp3) is 0.240. The van der Waals surface area contributed by atoms with E-state index in [0.717, 1.165) is 0 Å². The number of hydrogen-bond donors (Lipinski definition) is 3. The fourth-order valence-electron chi connectivity index (χ4n) is 3.86. The quantitative estimate of drug-likeness (QED) is 0.319. The van der Waals surface area contributed by atoms with Crippen LogP contribution in [0.3, 0.4) is 0 Å². The number of anilines is 1. The Hall–Kier alpha value is -4.22. The van der Waals surface area contributed by atoms with Gasteiger partial charge in [-0.3, -0.25) is 9.59 Å². The SMILES string of the molecule is COc1ncc(-c2cc(C(=O)N(C)C)c3c(N)ncnn23)cc1C(=O)NCCC(O)c1ccc(Cl)cc1. The normalized spacial score (nSPS) is 11.8. The monoisotopic (exact) mass is 523 g/mol. The first-order valence-electron chi connectivity index (χ1n) is 11.3. The van der Waals surface area contributed by atoms with E-state index in [1.165, 1.54) is 29.0 Å². The van der Waals surface area contributed by atoms with Crippen LogP contribution < -0.4 is 15.8 Å². The molecule has 0 saturated carbocycles. The molecule has 1 unspecified atom stereocenters. The number of aromatic nitrogens is 4. The summed E-state index contributed by atoms with van der Waals surface area (Å²) in [5.41, 5.74) is 8.63. The minimum atomic E-state index is -0.770. The molecule has 0 fully saturated rings. The summed E-state index contributed by atoms with van der Waals surface area (Å²) in [5, 5.41) is 18.0. The molecule has 4 rings (SSSR count). The third kappa shape index (κ3) is 5.32. The topological polar surface area (TPSA) is 148 Å². The van der Waals surface area contributed by atoms with E-state index in [0.29, 0.717) is 39.3 Å². The summed E-state index contributed by atoms with van der Waals surface area (Å²) in [6.45, 7) is 0.204. The van der Waals surface area contributed by atoms with E-state index in [4.69, 9.17) is 22.1 Å². The molecule has 0 aliphatic rings. The lowest BCUT2D eigenvalue weighted by molar-refractivity contribution is 0.0829. The largest absolute Gasteiger partial charge is 0.480 e. The van der Waals surface area contributed by atoms with Crippen LogP contribution in [-0.2, 0) is 0 Å². The number of carbonyl (C=O) groups excluding carboxylic acids is 2. The van der Waals surface area contributed by atoms with Crippen molar-refractivity contribution < 1.29 is 19.4 Å². The number of nitrogens with zero attached hydrogens (tertiary/aromatic N) is 5. The molecule has 0 bridgehead atoms. The number of hydrogen-bond acceptors (Lipinski definition) is 8. The number of benzene rings is 1. The van der Waals surface area contributed by atoms with Gasteiger partial charge in [0.15, 0.2) is 5.82 Å². The number of methoxy groups -OCH3 is 1. The minimum Gasteiger partial charge on any atom is -0.480 e. The number of nitrogen functional groups attached to an aromatic ring is 1. The maximum Gasteiger partial charge on any atom is 0.256 e. The molecule has 0 radical (unpaired) electrons. The van der Waals surface area contributed by atoms with Gasteiger partial charge in [-0.1, -0.05) is 23.7 Å². The van der Waals surface area contributed by atoms with Crippen LogP contribution in [0.25, 0.3) is 16.8 Å². The van der Waals surface area contributed by atoms with E-state index in [2.05, 4.69) is 20.4 Å². The fourth-order valence-corrected chi connectivity index (χ4v) is 3.99. The van der Waals surface area contributed by atoms with E-state index in [1.54, 1.807) is 50.5 Å². The molecule has 0 aliphatic carbocycles. The highest BCUT2D eigenvalue weighted by Crippen LogP contribution is 2.30. The third-order valence-electron chi connectivity index (χ3n) is 5.76. The van der Waals surface area contributed by atoms with Crippen molar-refractivity contribution in [3.05, 3.63) is 70.6 Å². The van der Waals surface area contributed by atoms with Crippen molar-refractivity contribution >= 4 is 34.7 Å². The molecular formula is C25H26ClN7O4. The van der Waals surface area contributed by atoms with Gasteiger partial charge in [-0.25, -0.2) is 14.5 Å². The molecule has 4 N–H and O–H groups in total. The van der Waals surface area contributed by atoms with Gasteiger partial charge < -0.3 is 25.8 Å². The molecule has 0 saturated heterocycles. The number of fused-ring (bicyclic) bond motifs is 1. The molecule has 37 heavy (non-hydrogen) atoms. The predicted octanol–water partition coefficient (Wildman–Crippen LogP) is 2.59. The zero-order chi connectivity index (χ0) is 26.7. The van der Waals surface area contributed by atoms with Gasteiger partial charge in [0.25, 0.3) is 11.8 Å². The van der Waals surface area contributed by atoms with E-state index in [1.807, 2.05) is 0 Å². The molecule has 3 heterocycles. The van der Waals surface area contributed by atoms with Gasteiger partial charge in [-0.05, 0) is 36.2 Å². The Kier molecular flexibility index (Phi) is 7.55. The Bertz CT molecular complexity index is 1450. The van der Waals surface area contributed by atoms with Gasteiger partial charge >= 0.3 is 0 Å². The molecule has 0 spiro atoms. The smallest absolute Gasteiger partial charge is 0.256 e. The van der Waals surface area contributed by atoms with Crippen LogP contribution in [0.15, 0.2) is 48.9 Å². The highest BCUT2D eigenvalue weighted by molar-refractivity contribution is 6.30. The number of ether oxygens (including phenoxy) is 1. The Morgan fingerprint density at radius 2 is 1.92 bits per heavy atom. The van der Waals surface area contributed by atoms with Crippen LogP contribution in [-0.4, -0.2) is 69.2 Å². The summed E-state index contributed by atoms with van der Waals surface area (Å²) >= 11 is 5.90. The van der Waals surface area contributed by atoms with Gasteiger partial charge in [0.1, 0.15) is 17.4 Å². The second-order valence-electron chi connectivity index (χ2n) is 8.44. The maximum absolute atomic E-state index is 13.0. The number of nitrogens with one attached hydrogen (secondary N) is 1. The number of nitrogens with two attached hydrogens (primary N) is 1. The second kappa shape index (κ2) is 10.8. The molecule has 3 aromatic heterocycles. The average molecular weight is 524 g/mol. The molecule has 2 amide bonds. The van der Waals surface area contributed by atoms with Crippen molar-refractivity contribution in [1.82, 2.24) is 29.8 Å². The third-order valence-corrected chi connectivity index (χ3v) is 6.01. The number of aliphatic hydroxyl groups is 1. The van der Waals surface area contributed by atoms with E-state index < -0.39 is 12.0 Å². The molecule has 192 valence electrons. The van der Waals surface area contributed by atoms with E-state index in [-0.39, 0.29) is 29.7 Å². The van der Waals surface area contributed by atoms with E-state index >= 15 is 0 Å². The summed E-state index contributed by atoms with van der Waals surface area (Å²) in [7, 11) is 4.68. The maximum atomic E-state index is 13.0. The summed E-state index contributed by atoms with van der Waals surface area (Å²) < 4.78 is 6.79. The van der Waals surface area contributed by atoms with Crippen LogP contribution in [0.2, 0.25) is 5.02 Å². The zero-order valence-electron chi connectivity index (χ0n) is 20.5. The van der Waals surface area contributed by atoms with Crippen LogP contribution in [0, 0.1) is 0 Å². The van der Waals surface area contributed by atoms with Gasteiger partial charge in [0, 0.05) is 37.4 Å². The summed E-state index contributed by atoms with van der Waals surface area (Å²) in [6.07, 6.45) is 2.32. The number of amides is 2. The summed E-state index contributed by atoms with van der Waals surface area (Å²) in [4.78, 5) is 35.6. The molecule has 12 heteroatoms. The summed E-state index contributed by atoms with van der Waals surface area (Å²) in [6, 6.07) is 10.1. The van der Waals surface area contributed by atoms with Gasteiger partial charge in [-0.2, -0.15) is 5.10 Å².